The van der Waals surface area contributed by atoms with Gasteiger partial charge in [-0.05, 0) is 24.2 Å². The van der Waals surface area contributed by atoms with Gasteiger partial charge in [-0.3, -0.25) is 0 Å². The lowest BCUT2D eigenvalue weighted by molar-refractivity contribution is 0.245. The number of benzene rings is 1. The highest BCUT2D eigenvalue weighted by atomic mass is 19.2. The van der Waals surface area contributed by atoms with Crippen molar-refractivity contribution in [1.82, 2.24) is 5.32 Å². The van der Waals surface area contributed by atoms with Gasteiger partial charge in [0.2, 0.25) is 0 Å². The Morgan fingerprint density at radius 2 is 1.80 bits per heavy atom. The molecule has 1 rings (SSSR count). The van der Waals surface area contributed by atoms with Crippen molar-refractivity contribution in [2.45, 2.75) is 13.0 Å². The largest absolute Gasteiger partial charge is 0.394 e. The van der Waals surface area contributed by atoms with Crippen molar-refractivity contribution in [2.75, 3.05) is 13.2 Å². The van der Waals surface area contributed by atoms with Crippen molar-refractivity contribution >= 4 is 0 Å². The Kier molecular flexibility index (Phi) is 4.11. The first-order valence-corrected chi connectivity index (χ1v) is 4.58. The molecule has 15 heavy (non-hydrogen) atoms. The molecule has 0 aliphatic rings. The molecule has 2 nitrogen and oxygen atoms in total. The summed E-state index contributed by atoms with van der Waals surface area (Å²) in [6.45, 7) is 2.02. The molecule has 0 spiro atoms. The van der Waals surface area contributed by atoms with Gasteiger partial charge in [0.15, 0.2) is 17.5 Å². The van der Waals surface area contributed by atoms with Crippen LogP contribution in [0.25, 0.3) is 0 Å². The molecule has 1 aromatic rings. The van der Waals surface area contributed by atoms with Crippen molar-refractivity contribution in [3.63, 3.8) is 0 Å². The summed E-state index contributed by atoms with van der Waals surface area (Å²) in [4.78, 5) is 0. The number of hydrogen-bond acceptors (Lipinski definition) is 2. The average molecular weight is 219 g/mol. The maximum Gasteiger partial charge on any atom is 0.194 e. The zero-order valence-corrected chi connectivity index (χ0v) is 8.23. The molecule has 0 heterocycles. The van der Waals surface area contributed by atoms with E-state index in [4.69, 9.17) is 5.11 Å². The van der Waals surface area contributed by atoms with Crippen LogP contribution in [0.5, 0.6) is 0 Å². The predicted octanol–water partition coefficient (Wildman–Crippen LogP) is 1.75. The Bertz CT molecular complexity index is 320. The fourth-order valence-corrected chi connectivity index (χ4v) is 1.31. The van der Waals surface area contributed by atoms with Gasteiger partial charge in [0, 0.05) is 0 Å². The van der Waals surface area contributed by atoms with Gasteiger partial charge in [0.05, 0.1) is 12.6 Å². The van der Waals surface area contributed by atoms with Gasteiger partial charge in [-0.15, -0.1) is 0 Å². The Morgan fingerprint density at radius 1 is 1.27 bits per heavy atom. The smallest absolute Gasteiger partial charge is 0.194 e. The van der Waals surface area contributed by atoms with Crippen LogP contribution in [0.1, 0.15) is 18.5 Å². The third kappa shape index (κ3) is 2.70. The topological polar surface area (TPSA) is 32.3 Å². The maximum absolute atomic E-state index is 12.9. The van der Waals surface area contributed by atoms with Gasteiger partial charge in [-0.1, -0.05) is 6.92 Å². The molecule has 2 N–H and O–H groups in total. The molecule has 0 amide bonds. The molecule has 0 aliphatic heterocycles. The number of likely N-dealkylation sites (N-methyl/N-ethyl adjacent to an activating group) is 1. The molecule has 0 fully saturated rings. The zero-order chi connectivity index (χ0) is 11.4. The quantitative estimate of drug-likeness (QED) is 0.756. The van der Waals surface area contributed by atoms with E-state index in [-0.39, 0.29) is 12.2 Å². The third-order valence-corrected chi connectivity index (χ3v) is 2.04. The Morgan fingerprint density at radius 3 is 2.20 bits per heavy atom. The SMILES string of the molecule is CCNC(CO)c1cc(F)c(F)c(F)c1. The molecule has 0 radical (unpaired) electrons. The summed E-state index contributed by atoms with van der Waals surface area (Å²) in [5.41, 5.74) is 0.191. The van der Waals surface area contributed by atoms with Crippen molar-refractivity contribution in [2.24, 2.45) is 0 Å². The lowest BCUT2D eigenvalue weighted by Crippen LogP contribution is -2.24. The lowest BCUT2D eigenvalue weighted by Gasteiger charge is -2.15. The summed E-state index contributed by atoms with van der Waals surface area (Å²) in [5, 5.41) is 11.8. The highest BCUT2D eigenvalue weighted by molar-refractivity contribution is 5.22. The third-order valence-electron chi connectivity index (χ3n) is 2.04. The van der Waals surface area contributed by atoms with E-state index in [1.165, 1.54) is 0 Å². The first-order valence-electron chi connectivity index (χ1n) is 4.58. The zero-order valence-electron chi connectivity index (χ0n) is 8.23. The van der Waals surface area contributed by atoms with E-state index in [0.29, 0.717) is 6.54 Å². The van der Waals surface area contributed by atoms with Crippen LogP contribution >= 0.6 is 0 Å². The van der Waals surface area contributed by atoms with Gasteiger partial charge in [0.25, 0.3) is 0 Å². The summed E-state index contributed by atoms with van der Waals surface area (Å²) >= 11 is 0. The number of nitrogens with one attached hydrogen (secondary N) is 1. The minimum absolute atomic E-state index is 0.191. The van der Waals surface area contributed by atoms with Gasteiger partial charge in [-0.2, -0.15) is 0 Å². The van der Waals surface area contributed by atoms with Crippen molar-refractivity contribution in [3.05, 3.63) is 35.1 Å². The lowest BCUT2D eigenvalue weighted by atomic mass is 10.1. The average Bonchev–Trinajstić information content (AvgIpc) is 2.22. The fourth-order valence-electron chi connectivity index (χ4n) is 1.31. The predicted molar refractivity (Wildman–Crippen MR) is 49.8 cm³/mol. The van der Waals surface area contributed by atoms with E-state index < -0.39 is 23.5 Å². The fraction of sp³-hybridized carbons (Fsp3) is 0.400. The maximum atomic E-state index is 12.9. The molecule has 0 saturated carbocycles. The van der Waals surface area contributed by atoms with Gasteiger partial charge in [-0.25, -0.2) is 13.2 Å². The summed E-state index contributed by atoms with van der Waals surface area (Å²) in [6, 6.07) is 1.17. The first-order chi connectivity index (χ1) is 7.10. The minimum atomic E-state index is -1.49. The van der Waals surface area contributed by atoms with Gasteiger partial charge in [0.1, 0.15) is 0 Å². The summed E-state index contributed by atoms with van der Waals surface area (Å²) in [6.07, 6.45) is 0. The number of aliphatic hydroxyl groups is 1. The minimum Gasteiger partial charge on any atom is -0.394 e. The number of hydrogen-bond donors (Lipinski definition) is 2. The molecule has 5 heteroatoms. The van der Waals surface area contributed by atoms with E-state index >= 15 is 0 Å². The summed E-state index contributed by atoms with van der Waals surface area (Å²) < 4.78 is 38.3. The van der Waals surface area contributed by atoms with Crippen molar-refractivity contribution < 1.29 is 18.3 Å². The molecule has 84 valence electrons. The van der Waals surface area contributed by atoms with E-state index in [1.54, 1.807) is 6.92 Å². The summed E-state index contributed by atoms with van der Waals surface area (Å²) in [5.74, 6) is -3.99. The Labute approximate surface area is 85.7 Å². The van der Waals surface area contributed by atoms with Crippen LogP contribution < -0.4 is 5.32 Å². The van der Waals surface area contributed by atoms with E-state index in [9.17, 15) is 13.2 Å². The standard InChI is InChI=1S/C10H12F3NO/c1-2-14-9(5-15)6-3-7(11)10(13)8(12)4-6/h3-4,9,14-15H,2,5H2,1H3. The second kappa shape index (κ2) is 5.14. The van der Waals surface area contributed by atoms with Crippen LogP contribution in [0.2, 0.25) is 0 Å². The van der Waals surface area contributed by atoms with Crippen LogP contribution in [0.15, 0.2) is 12.1 Å². The number of rotatable bonds is 4. The van der Waals surface area contributed by atoms with Crippen LogP contribution in [0.3, 0.4) is 0 Å². The Balaban J connectivity index is 3.03. The molecule has 1 atom stereocenters. The van der Waals surface area contributed by atoms with Crippen LogP contribution in [0, 0.1) is 17.5 Å². The highest BCUT2D eigenvalue weighted by Crippen LogP contribution is 2.18. The van der Waals surface area contributed by atoms with Crippen LogP contribution in [-0.2, 0) is 0 Å². The number of halogens is 3. The molecule has 0 saturated heterocycles. The molecule has 0 aromatic heterocycles. The van der Waals surface area contributed by atoms with Crippen LogP contribution in [0.4, 0.5) is 13.2 Å². The Hall–Kier alpha value is -1.07. The molecule has 1 unspecified atom stereocenters. The molecule has 1 aromatic carbocycles. The second-order valence-corrected chi connectivity index (χ2v) is 3.09. The van der Waals surface area contributed by atoms with E-state index in [2.05, 4.69) is 5.32 Å². The molecule has 0 bridgehead atoms. The van der Waals surface area contributed by atoms with Gasteiger partial charge < -0.3 is 10.4 Å². The van der Waals surface area contributed by atoms with E-state index in [0.717, 1.165) is 12.1 Å². The normalized spacial score (nSPS) is 12.9. The van der Waals surface area contributed by atoms with Crippen molar-refractivity contribution in [1.29, 1.82) is 0 Å². The molecule has 0 aliphatic carbocycles. The highest BCUT2D eigenvalue weighted by Gasteiger charge is 2.15. The second-order valence-electron chi connectivity index (χ2n) is 3.09. The first kappa shape index (κ1) is 12.0. The molecular weight excluding hydrogens is 207 g/mol. The monoisotopic (exact) mass is 219 g/mol. The van der Waals surface area contributed by atoms with E-state index in [1.807, 2.05) is 0 Å². The van der Waals surface area contributed by atoms with Crippen molar-refractivity contribution in [3.8, 4) is 0 Å². The van der Waals surface area contributed by atoms with Gasteiger partial charge >= 0.3 is 0 Å². The number of aliphatic hydroxyl groups excluding tert-OH is 1. The molecular formula is C10H12F3NO. The summed E-state index contributed by atoms with van der Waals surface area (Å²) in [7, 11) is 0. The van der Waals surface area contributed by atoms with Crippen LogP contribution in [-0.4, -0.2) is 18.3 Å².